The van der Waals surface area contributed by atoms with Gasteiger partial charge in [0.1, 0.15) is 0 Å². The van der Waals surface area contributed by atoms with E-state index >= 15 is 0 Å². The molecule has 0 bridgehead atoms. The van der Waals surface area contributed by atoms with Gasteiger partial charge in [-0.3, -0.25) is 5.43 Å². The average Bonchev–Trinajstić information content (AvgIpc) is 2.40. The van der Waals surface area contributed by atoms with Gasteiger partial charge >= 0.3 is 0 Å². The molecule has 0 aliphatic carbocycles. The third-order valence-electron chi connectivity index (χ3n) is 2.85. The zero-order valence-corrected chi connectivity index (χ0v) is 12.9. The van der Waals surface area contributed by atoms with E-state index in [2.05, 4.69) is 39.7 Å². The number of aryl methyl sites for hydroxylation is 1. The van der Waals surface area contributed by atoms with Gasteiger partial charge in [-0.15, -0.1) is 0 Å². The van der Waals surface area contributed by atoms with Gasteiger partial charge in [0.2, 0.25) is 5.96 Å². The van der Waals surface area contributed by atoms with Gasteiger partial charge in [-0.2, -0.15) is 0 Å². The molecule has 0 aromatic heterocycles. The number of aliphatic imine (C=N–C) groups is 1. The second-order valence-corrected chi connectivity index (χ2v) is 4.95. The number of hydrogen-bond donors (Lipinski definition) is 3. The first-order valence-electron chi connectivity index (χ1n) is 6.56. The normalized spacial score (nSPS) is 13.0. The minimum Gasteiger partial charge on any atom is -0.382 e. The number of ether oxygens (including phenoxy) is 1. The van der Waals surface area contributed by atoms with Crippen LogP contribution in [0.25, 0.3) is 0 Å². The van der Waals surface area contributed by atoms with Crippen molar-refractivity contribution in [1.82, 2.24) is 5.43 Å². The van der Waals surface area contributed by atoms with E-state index in [9.17, 15) is 0 Å². The summed E-state index contributed by atoms with van der Waals surface area (Å²) in [4.78, 5) is 6.48. The molecule has 0 saturated carbocycles. The molecule has 112 valence electrons. The van der Waals surface area contributed by atoms with Gasteiger partial charge in [0, 0.05) is 32.6 Å². The monoisotopic (exact) mass is 279 g/mol. The van der Waals surface area contributed by atoms with Crippen LogP contribution >= 0.6 is 0 Å². The molecule has 0 amide bonds. The summed E-state index contributed by atoms with van der Waals surface area (Å²) >= 11 is 0. The van der Waals surface area contributed by atoms with Crippen LogP contribution in [0.1, 0.15) is 12.5 Å². The van der Waals surface area contributed by atoms with Crippen molar-refractivity contribution in [3.63, 3.8) is 0 Å². The molecule has 0 fully saturated rings. The first-order chi connectivity index (χ1) is 9.47. The molecule has 1 unspecified atom stereocenters. The molecule has 0 radical (unpaired) electrons. The summed E-state index contributed by atoms with van der Waals surface area (Å²) in [5.41, 5.74) is 5.87. The number of nitrogens with zero attached hydrogens (tertiary/aromatic N) is 2. The molecule has 0 heterocycles. The Kier molecular flexibility index (Phi) is 6.27. The van der Waals surface area contributed by atoms with E-state index < -0.39 is 0 Å². The lowest BCUT2D eigenvalue weighted by molar-refractivity contribution is 0.185. The maximum Gasteiger partial charge on any atom is 0.210 e. The van der Waals surface area contributed by atoms with Crippen LogP contribution in [0, 0.1) is 6.92 Å². The Bertz CT molecular complexity index is 459. The van der Waals surface area contributed by atoms with Crippen LogP contribution in [-0.4, -0.2) is 39.8 Å². The third-order valence-corrected chi connectivity index (χ3v) is 2.85. The minimum atomic E-state index is 0.0253. The Labute approximate surface area is 121 Å². The third kappa shape index (κ3) is 4.71. The SMILES string of the molecule is COCC(C)N=C(NN)Nc1ccc(C)c(N(C)C)c1. The number of rotatable bonds is 5. The number of anilines is 2. The Morgan fingerprint density at radius 2 is 2.15 bits per heavy atom. The second-order valence-electron chi connectivity index (χ2n) is 4.95. The van der Waals surface area contributed by atoms with Crippen LogP contribution in [-0.2, 0) is 4.74 Å². The fraction of sp³-hybridized carbons (Fsp3) is 0.500. The lowest BCUT2D eigenvalue weighted by Crippen LogP contribution is -2.37. The molecule has 0 aliphatic rings. The molecular formula is C14H25N5O. The van der Waals surface area contributed by atoms with Crippen LogP contribution in [0.4, 0.5) is 11.4 Å². The Balaban J connectivity index is 2.87. The number of nitrogens with two attached hydrogens (primary N) is 1. The summed E-state index contributed by atoms with van der Waals surface area (Å²) < 4.78 is 5.06. The topological polar surface area (TPSA) is 74.9 Å². The van der Waals surface area contributed by atoms with E-state index in [1.807, 2.05) is 27.1 Å². The maximum absolute atomic E-state index is 5.50. The molecule has 0 spiro atoms. The second kappa shape index (κ2) is 7.72. The molecule has 20 heavy (non-hydrogen) atoms. The highest BCUT2D eigenvalue weighted by Gasteiger charge is 2.06. The molecule has 1 atom stereocenters. The number of nitrogens with one attached hydrogen (secondary N) is 2. The first kappa shape index (κ1) is 16.3. The van der Waals surface area contributed by atoms with E-state index in [4.69, 9.17) is 10.6 Å². The molecule has 1 aromatic carbocycles. The van der Waals surface area contributed by atoms with Crippen molar-refractivity contribution in [2.75, 3.05) is 38.0 Å². The highest BCUT2D eigenvalue weighted by atomic mass is 16.5. The predicted octanol–water partition coefficient (Wildman–Crippen LogP) is 1.33. The van der Waals surface area contributed by atoms with Gasteiger partial charge in [0.25, 0.3) is 0 Å². The summed E-state index contributed by atoms with van der Waals surface area (Å²) in [6, 6.07) is 6.14. The summed E-state index contributed by atoms with van der Waals surface area (Å²) in [5.74, 6) is 6.02. The molecule has 0 aliphatic heterocycles. The smallest absolute Gasteiger partial charge is 0.210 e. The van der Waals surface area contributed by atoms with Crippen LogP contribution < -0.4 is 21.5 Å². The van der Waals surface area contributed by atoms with Crippen LogP contribution in [0.3, 0.4) is 0 Å². The number of hydrogen-bond acceptors (Lipinski definition) is 4. The van der Waals surface area contributed by atoms with Gasteiger partial charge < -0.3 is 15.0 Å². The molecule has 6 nitrogen and oxygen atoms in total. The van der Waals surface area contributed by atoms with E-state index in [0.29, 0.717) is 12.6 Å². The molecule has 4 N–H and O–H groups in total. The highest BCUT2D eigenvalue weighted by molar-refractivity contribution is 5.93. The number of methoxy groups -OCH3 is 1. The van der Waals surface area contributed by atoms with E-state index in [1.54, 1.807) is 7.11 Å². The zero-order valence-electron chi connectivity index (χ0n) is 12.9. The standard InChI is InChI=1S/C14H25N5O/c1-10-6-7-12(8-13(10)19(3)4)17-14(18-15)16-11(2)9-20-5/h6-8,11H,9,15H2,1-5H3,(H2,16,17,18). The summed E-state index contributed by atoms with van der Waals surface area (Å²) in [6.07, 6.45) is 0. The van der Waals surface area contributed by atoms with E-state index in [-0.39, 0.29) is 6.04 Å². The molecule has 1 rings (SSSR count). The van der Waals surface area contributed by atoms with Crippen molar-refractivity contribution < 1.29 is 4.74 Å². The van der Waals surface area contributed by atoms with Crippen molar-refractivity contribution in [2.24, 2.45) is 10.8 Å². The molecule has 6 heteroatoms. The Morgan fingerprint density at radius 3 is 2.70 bits per heavy atom. The molecule has 1 aromatic rings. The lowest BCUT2D eigenvalue weighted by Gasteiger charge is -2.18. The van der Waals surface area contributed by atoms with Gasteiger partial charge in [-0.1, -0.05) is 6.07 Å². The maximum atomic E-state index is 5.50. The zero-order chi connectivity index (χ0) is 15.1. The Hall–Kier alpha value is -1.79. The summed E-state index contributed by atoms with van der Waals surface area (Å²) in [6.45, 7) is 4.59. The first-order valence-corrected chi connectivity index (χ1v) is 6.56. The van der Waals surface area contributed by atoms with Gasteiger partial charge in [-0.25, -0.2) is 10.8 Å². The van der Waals surface area contributed by atoms with Gasteiger partial charge in [0.15, 0.2) is 0 Å². The summed E-state index contributed by atoms with van der Waals surface area (Å²) in [7, 11) is 5.68. The number of hydrazine groups is 1. The van der Waals surface area contributed by atoms with Crippen LogP contribution in [0.5, 0.6) is 0 Å². The van der Waals surface area contributed by atoms with Crippen molar-refractivity contribution >= 4 is 17.3 Å². The van der Waals surface area contributed by atoms with Crippen LogP contribution in [0.15, 0.2) is 23.2 Å². The Morgan fingerprint density at radius 1 is 1.45 bits per heavy atom. The quantitative estimate of drug-likeness (QED) is 0.328. The lowest BCUT2D eigenvalue weighted by atomic mass is 10.1. The highest BCUT2D eigenvalue weighted by Crippen LogP contribution is 2.22. The van der Waals surface area contributed by atoms with Crippen molar-refractivity contribution in [3.05, 3.63) is 23.8 Å². The molecule has 0 saturated heterocycles. The number of guanidine groups is 1. The number of benzene rings is 1. The van der Waals surface area contributed by atoms with Crippen molar-refractivity contribution in [3.8, 4) is 0 Å². The summed E-state index contributed by atoms with van der Waals surface area (Å²) in [5, 5.41) is 3.17. The van der Waals surface area contributed by atoms with Gasteiger partial charge in [0.05, 0.1) is 12.6 Å². The largest absolute Gasteiger partial charge is 0.382 e. The van der Waals surface area contributed by atoms with E-state index in [1.165, 1.54) is 5.56 Å². The molecular weight excluding hydrogens is 254 g/mol. The van der Waals surface area contributed by atoms with E-state index in [0.717, 1.165) is 11.4 Å². The van der Waals surface area contributed by atoms with Crippen molar-refractivity contribution in [2.45, 2.75) is 19.9 Å². The van der Waals surface area contributed by atoms with Gasteiger partial charge in [-0.05, 0) is 31.5 Å². The van der Waals surface area contributed by atoms with Crippen molar-refractivity contribution in [1.29, 1.82) is 0 Å². The predicted molar refractivity (Wildman–Crippen MR) is 85.2 cm³/mol. The minimum absolute atomic E-state index is 0.0253. The fourth-order valence-electron chi connectivity index (χ4n) is 1.91. The fourth-order valence-corrected chi connectivity index (χ4v) is 1.91. The van der Waals surface area contributed by atoms with Crippen LogP contribution in [0.2, 0.25) is 0 Å². The average molecular weight is 279 g/mol.